The first kappa shape index (κ1) is 20.5. The number of nitrogens with one attached hydrogen (secondary N) is 1. The van der Waals surface area contributed by atoms with Gasteiger partial charge in [-0.15, -0.1) is 10.2 Å². The lowest BCUT2D eigenvalue weighted by Gasteiger charge is -2.27. The molecule has 1 saturated heterocycles. The highest BCUT2D eigenvalue weighted by atomic mass is 35.5. The molecule has 1 aliphatic heterocycles. The van der Waals surface area contributed by atoms with Crippen molar-refractivity contribution in [3.05, 3.63) is 52.7 Å². The van der Waals surface area contributed by atoms with Gasteiger partial charge < -0.3 is 19.2 Å². The zero-order valence-corrected chi connectivity index (χ0v) is 17.1. The van der Waals surface area contributed by atoms with Gasteiger partial charge in [0.2, 0.25) is 17.7 Å². The quantitative estimate of drug-likeness (QED) is 0.609. The molecule has 156 valence electrons. The summed E-state index contributed by atoms with van der Waals surface area (Å²) in [4.78, 5) is 19.8. The van der Waals surface area contributed by atoms with Crippen molar-refractivity contribution < 1.29 is 18.7 Å². The topological polar surface area (TPSA) is 112 Å². The van der Waals surface area contributed by atoms with Crippen LogP contribution in [0.3, 0.4) is 0 Å². The van der Waals surface area contributed by atoms with Gasteiger partial charge in [-0.3, -0.25) is 4.79 Å². The molecule has 0 unspecified atom stereocenters. The maximum absolute atomic E-state index is 12.1. The monoisotopic (exact) mass is 449 g/mol. The second-order valence-electron chi connectivity index (χ2n) is 6.58. The average Bonchev–Trinajstić information content (AvgIpc) is 3.25. The van der Waals surface area contributed by atoms with Gasteiger partial charge in [0.05, 0.1) is 25.0 Å². The molecule has 0 bridgehead atoms. The number of amides is 1. The summed E-state index contributed by atoms with van der Waals surface area (Å²) >= 11 is 11.6. The van der Waals surface area contributed by atoms with Crippen LogP contribution in [0.5, 0.6) is 5.88 Å². The van der Waals surface area contributed by atoms with Crippen LogP contribution in [-0.4, -0.2) is 45.3 Å². The molecule has 1 aromatic carbocycles. The lowest BCUT2D eigenvalue weighted by molar-refractivity contribution is -0.125. The smallest absolute Gasteiger partial charge is 0.258 e. The number of aromatic nitrogens is 4. The second kappa shape index (κ2) is 9.38. The molecule has 1 amide bonds. The van der Waals surface area contributed by atoms with Crippen molar-refractivity contribution in [1.82, 2.24) is 25.5 Å². The molecule has 1 aliphatic rings. The fraction of sp³-hybridized carbons (Fsp3) is 0.316. The summed E-state index contributed by atoms with van der Waals surface area (Å²) in [5.41, 5.74) is 0.782. The molecule has 1 N–H and O–H groups in total. The fourth-order valence-corrected chi connectivity index (χ4v) is 3.14. The van der Waals surface area contributed by atoms with E-state index in [9.17, 15) is 4.79 Å². The van der Waals surface area contributed by atoms with Crippen LogP contribution < -0.4 is 10.1 Å². The number of halogens is 2. The molecule has 2 atom stereocenters. The summed E-state index contributed by atoms with van der Waals surface area (Å²) in [6, 6.07) is 7.00. The zero-order valence-electron chi connectivity index (χ0n) is 15.6. The SMILES string of the molecule is O=C(COc1cnc(Cl)cn1)N[C@H]1CC[C@@H](c2nnc(-c3ccc(Cl)cc3)o2)OC1. The Labute approximate surface area is 181 Å². The van der Waals surface area contributed by atoms with Gasteiger partial charge in [0, 0.05) is 10.6 Å². The number of rotatable bonds is 6. The fourth-order valence-electron chi connectivity index (χ4n) is 2.92. The zero-order chi connectivity index (χ0) is 20.9. The van der Waals surface area contributed by atoms with Gasteiger partial charge in [-0.1, -0.05) is 23.2 Å². The minimum Gasteiger partial charge on any atom is -0.466 e. The van der Waals surface area contributed by atoms with E-state index in [-0.39, 0.29) is 35.7 Å². The molecule has 3 heterocycles. The van der Waals surface area contributed by atoms with E-state index in [2.05, 4.69) is 25.5 Å². The van der Waals surface area contributed by atoms with E-state index in [1.165, 1.54) is 12.4 Å². The maximum atomic E-state index is 12.1. The van der Waals surface area contributed by atoms with Crippen molar-refractivity contribution in [1.29, 1.82) is 0 Å². The summed E-state index contributed by atoms with van der Waals surface area (Å²) in [7, 11) is 0. The highest BCUT2D eigenvalue weighted by molar-refractivity contribution is 6.30. The van der Waals surface area contributed by atoms with Crippen LogP contribution in [0.1, 0.15) is 24.8 Å². The molecule has 0 spiro atoms. The van der Waals surface area contributed by atoms with Crippen LogP contribution in [0.2, 0.25) is 10.2 Å². The van der Waals surface area contributed by atoms with Crippen LogP contribution in [0.4, 0.5) is 0 Å². The Morgan fingerprint density at radius 1 is 1.13 bits per heavy atom. The molecule has 3 aromatic rings. The molecular weight excluding hydrogens is 433 g/mol. The van der Waals surface area contributed by atoms with Crippen LogP contribution in [0.15, 0.2) is 41.1 Å². The lowest BCUT2D eigenvalue weighted by atomic mass is 10.0. The largest absolute Gasteiger partial charge is 0.466 e. The predicted octanol–water partition coefficient (Wildman–Crippen LogP) is 3.25. The molecule has 1 fully saturated rings. The van der Waals surface area contributed by atoms with Gasteiger partial charge in [-0.25, -0.2) is 9.97 Å². The van der Waals surface area contributed by atoms with Gasteiger partial charge in [0.1, 0.15) is 11.3 Å². The Morgan fingerprint density at radius 3 is 2.67 bits per heavy atom. The summed E-state index contributed by atoms with van der Waals surface area (Å²) in [5, 5.41) is 11.9. The highest BCUT2D eigenvalue weighted by Crippen LogP contribution is 2.29. The van der Waals surface area contributed by atoms with Crippen molar-refractivity contribution in [2.24, 2.45) is 0 Å². The summed E-state index contributed by atoms with van der Waals surface area (Å²) in [6.07, 6.45) is 3.73. The van der Waals surface area contributed by atoms with E-state index in [1.807, 2.05) is 12.1 Å². The molecule has 0 radical (unpaired) electrons. The Bertz CT molecular complexity index is 989. The normalized spacial score (nSPS) is 18.7. The van der Waals surface area contributed by atoms with Gasteiger partial charge in [0.15, 0.2) is 6.61 Å². The van der Waals surface area contributed by atoms with E-state index < -0.39 is 0 Å². The summed E-state index contributed by atoms with van der Waals surface area (Å²) in [5.74, 6) is 0.765. The van der Waals surface area contributed by atoms with E-state index >= 15 is 0 Å². The van der Waals surface area contributed by atoms with Crippen molar-refractivity contribution in [3.8, 4) is 17.3 Å². The minimum absolute atomic E-state index is 0.132. The van der Waals surface area contributed by atoms with E-state index in [0.717, 1.165) is 5.56 Å². The Morgan fingerprint density at radius 2 is 1.97 bits per heavy atom. The van der Waals surface area contributed by atoms with Crippen molar-refractivity contribution in [3.63, 3.8) is 0 Å². The molecule has 30 heavy (non-hydrogen) atoms. The van der Waals surface area contributed by atoms with Crippen LogP contribution >= 0.6 is 23.2 Å². The molecule has 9 nitrogen and oxygen atoms in total. The molecule has 2 aromatic heterocycles. The number of benzene rings is 1. The van der Waals surface area contributed by atoms with Crippen molar-refractivity contribution in [2.45, 2.75) is 25.0 Å². The first-order valence-electron chi connectivity index (χ1n) is 9.17. The Kier molecular flexibility index (Phi) is 6.41. The Hall–Kier alpha value is -2.75. The van der Waals surface area contributed by atoms with E-state index in [4.69, 9.17) is 37.1 Å². The minimum atomic E-state index is -0.313. The van der Waals surface area contributed by atoms with Gasteiger partial charge >= 0.3 is 0 Å². The number of carbonyl (C=O) groups excluding carboxylic acids is 1. The van der Waals surface area contributed by atoms with Gasteiger partial charge in [0.25, 0.3) is 5.91 Å². The third-order valence-corrected chi connectivity index (χ3v) is 4.84. The number of carbonyl (C=O) groups is 1. The third-order valence-electron chi connectivity index (χ3n) is 4.40. The molecule has 0 aliphatic carbocycles. The van der Waals surface area contributed by atoms with Crippen LogP contribution in [0.25, 0.3) is 11.5 Å². The lowest BCUT2D eigenvalue weighted by Crippen LogP contribution is -2.43. The van der Waals surface area contributed by atoms with Crippen molar-refractivity contribution >= 4 is 29.1 Å². The van der Waals surface area contributed by atoms with E-state index in [0.29, 0.717) is 36.3 Å². The molecular formula is C19H17Cl2N5O4. The second-order valence-corrected chi connectivity index (χ2v) is 7.41. The van der Waals surface area contributed by atoms with Crippen LogP contribution in [-0.2, 0) is 9.53 Å². The number of ether oxygens (including phenoxy) is 2. The number of nitrogens with zero attached hydrogens (tertiary/aromatic N) is 4. The van der Waals surface area contributed by atoms with Crippen molar-refractivity contribution in [2.75, 3.05) is 13.2 Å². The number of hydrogen-bond donors (Lipinski definition) is 1. The summed E-state index contributed by atoms with van der Waals surface area (Å²) < 4.78 is 16.8. The predicted molar refractivity (Wildman–Crippen MR) is 107 cm³/mol. The first-order chi connectivity index (χ1) is 14.6. The molecule has 11 heteroatoms. The van der Waals surface area contributed by atoms with Gasteiger partial charge in [-0.05, 0) is 37.1 Å². The highest BCUT2D eigenvalue weighted by Gasteiger charge is 2.28. The average molecular weight is 450 g/mol. The molecule has 0 saturated carbocycles. The Balaban J connectivity index is 1.24. The standard InChI is InChI=1S/C19H17Cl2N5O4/c20-12-3-1-11(2-4-12)18-25-26-19(30-18)14-6-5-13(9-28-14)24-16(27)10-29-17-8-22-15(21)7-23-17/h1-4,7-8,13-14H,5-6,9-10H2,(H,24,27)/t13-,14-/m0/s1. The van der Waals surface area contributed by atoms with Gasteiger partial charge in [-0.2, -0.15) is 0 Å². The number of hydrogen-bond acceptors (Lipinski definition) is 8. The third kappa shape index (κ3) is 5.24. The molecule has 4 rings (SSSR count). The maximum Gasteiger partial charge on any atom is 0.258 e. The summed E-state index contributed by atoms with van der Waals surface area (Å²) in [6.45, 7) is 0.153. The van der Waals surface area contributed by atoms with Crippen LogP contribution in [0, 0.1) is 0 Å². The van der Waals surface area contributed by atoms with E-state index in [1.54, 1.807) is 12.1 Å². The first-order valence-corrected chi connectivity index (χ1v) is 9.93.